The first-order chi connectivity index (χ1) is 15.5. The molecular formula is C25H22N2O5. The number of nitrogens with zero attached hydrogens (tertiary/aromatic N) is 2. The average molecular weight is 430 g/mol. The molecule has 4 atom stereocenters. The van der Waals surface area contributed by atoms with Gasteiger partial charge in [0.25, 0.3) is 11.8 Å². The van der Waals surface area contributed by atoms with E-state index in [1.54, 1.807) is 43.3 Å². The van der Waals surface area contributed by atoms with Crippen LogP contribution < -0.4 is 0 Å². The SMILES string of the molecule is CCOC(=O)c1ccc(-c2ccc(/C=N\N3C(=O)[C@H]4[C@H](C3=O)[C@H]3C=C[C@H]4C34CC4)o2)cc1. The van der Waals surface area contributed by atoms with Crippen molar-refractivity contribution >= 4 is 24.0 Å². The van der Waals surface area contributed by atoms with Crippen LogP contribution in [0.4, 0.5) is 0 Å². The van der Waals surface area contributed by atoms with Crippen LogP contribution in [0.15, 0.2) is 58.1 Å². The third kappa shape index (κ3) is 2.60. The molecule has 1 aromatic carbocycles. The van der Waals surface area contributed by atoms with E-state index in [1.807, 2.05) is 0 Å². The lowest BCUT2D eigenvalue weighted by molar-refractivity contribution is -0.141. The third-order valence-electron chi connectivity index (χ3n) is 7.44. The molecule has 3 aliphatic carbocycles. The summed E-state index contributed by atoms with van der Waals surface area (Å²) in [5.41, 5.74) is 1.43. The van der Waals surface area contributed by atoms with Gasteiger partial charge in [0.1, 0.15) is 11.5 Å². The first-order valence-electron chi connectivity index (χ1n) is 11.0. The number of carbonyl (C=O) groups is 3. The number of carbonyl (C=O) groups excluding carboxylic acids is 3. The minimum absolute atomic E-state index is 0.176. The summed E-state index contributed by atoms with van der Waals surface area (Å²) in [6.07, 6.45) is 7.92. The van der Waals surface area contributed by atoms with Crippen molar-refractivity contribution in [3.8, 4) is 11.3 Å². The molecule has 1 aliphatic heterocycles. The first kappa shape index (κ1) is 19.2. The molecule has 3 fully saturated rings. The predicted octanol–water partition coefficient (Wildman–Crippen LogP) is 3.65. The Balaban J connectivity index is 1.17. The molecule has 1 aromatic heterocycles. The number of fused-ring (bicyclic) bond motifs is 3. The molecule has 2 saturated carbocycles. The zero-order valence-corrected chi connectivity index (χ0v) is 17.6. The van der Waals surface area contributed by atoms with Gasteiger partial charge in [0.2, 0.25) is 0 Å². The average Bonchev–Trinajstić information content (AvgIpc) is 3.08. The number of furan rings is 1. The second-order valence-corrected chi connectivity index (χ2v) is 8.95. The van der Waals surface area contributed by atoms with Crippen molar-refractivity contribution in [3.05, 3.63) is 59.9 Å². The number of ether oxygens (including phenoxy) is 1. The largest absolute Gasteiger partial charge is 0.462 e. The summed E-state index contributed by atoms with van der Waals surface area (Å²) in [6, 6.07) is 10.4. The zero-order chi connectivity index (χ0) is 22.0. The van der Waals surface area contributed by atoms with E-state index in [9.17, 15) is 14.4 Å². The quantitative estimate of drug-likeness (QED) is 0.313. The van der Waals surface area contributed by atoms with E-state index in [4.69, 9.17) is 9.15 Å². The molecule has 4 aliphatic rings. The monoisotopic (exact) mass is 430 g/mol. The predicted molar refractivity (Wildman–Crippen MR) is 114 cm³/mol. The minimum Gasteiger partial charge on any atom is -0.462 e. The van der Waals surface area contributed by atoms with Gasteiger partial charge in [0, 0.05) is 5.56 Å². The van der Waals surface area contributed by atoms with Crippen LogP contribution in [0, 0.1) is 29.1 Å². The van der Waals surface area contributed by atoms with Gasteiger partial charge in [-0.1, -0.05) is 24.3 Å². The van der Waals surface area contributed by atoms with Crippen LogP contribution in [0.25, 0.3) is 11.3 Å². The molecule has 1 saturated heterocycles. The topological polar surface area (TPSA) is 89.2 Å². The number of hydrogen-bond donors (Lipinski definition) is 0. The van der Waals surface area contributed by atoms with Crippen molar-refractivity contribution in [1.82, 2.24) is 5.01 Å². The van der Waals surface area contributed by atoms with Crippen LogP contribution in [-0.2, 0) is 14.3 Å². The van der Waals surface area contributed by atoms with Gasteiger partial charge < -0.3 is 9.15 Å². The summed E-state index contributed by atoms with van der Waals surface area (Å²) >= 11 is 0. The number of esters is 1. The normalized spacial score (nSPS) is 28.8. The molecule has 1 spiro atoms. The van der Waals surface area contributed by atoms with E-state index in [-0.39, 0.29) is 46.9 Å². The van der Waals surface area contributed by atoms with Crippen molar-refractivity contribution in [2.75, 3.05) is 6.61 Å². The Morgan fingerprint density at radius 1 is 1.09 bits per heavy atom. The second kappa shape index (κ2) is 6.76. The molecule has 2 aromatic rings. The Morgan fingerprint density at radius 2 is 1.75 bits per heavy atom. The number of hydrogen-bond acceptors (Lipinski definition) is 6. The fourth-order valence-electron chi connectivity index (χ4n) is 5.85. The van der Waals surface area contributed by atoms with Crippen LogP contribution in [0.2, 0.25) is 0 Å². The maximum absolute atomic E-state index is 13.0. The molecule has 0 radical (unpaired) electrons. The van der Waals surface area contributed by atoms with Gasteiger partial charge in [-0.15, -0.1) is 0 Å². The number of allylic oxidation sites excluding steroid dienone is 2. The summed E-state index contributed by atoms with van der Waals surface area (Å²) < 4.78 is 10.8. The fraction of sp³-hybridized carbons (Fsp3) is 0.360. The maximum atomic E-state index is 13.0. The minimum atomic E-state index is -0.368. The number of amides is 2. The molecular weight excluding hydrogens is 408 g/mol. The summed E-state index contributed by atoms with van der Waals surface area (Å²) in [5, 5.41) is 5.23. The van der Waals surface area contributed by atoms with Crippen LogP contribution in [-0.4, -0.2) is 35.6 Å². The molecule has 2 amide bonds. The van der Waals surface area contributed by atoms with Crippen molar-refractivity contribution in [3.63, 3.8) is 0 Å². The summed E-state index contributed by atoms with van der Waals surface area (Å²) in [7, 11) is 0. The van der Waals surface area contributed by atoms with E-state index in [0.717, 1.165) is 23.4 Å². The second-order valence-electron chi connectivity index (χ2n) is 8.95. The molecule has 2 heterocycles. The highest BCUT2D eigenvalue weighted by atomic mass is 16.5. The number of benzene rings is 1. The molecule has 2 bridgehead atoms. The Morgan fingerprint density at radius 3 is 2.34 bits per heavy atom. The van der Waals surface area contributed by atoms with Crippen molar-refractivity contribution < 1.29 is 23.5 Å². The van der Waals surface area contributed by atoms with Gasteiger partial charge in [-0.25, -0.2) is 4.79 Å². The number of rotatable bonds is 5. The van der Waals surface area contributed by atoms with Gasteiger partial charge in [-0.3, -0.25) is 9.59 Å². The maximum Gasteiger partial charge on any atom is 0.338 e. The van der Waals surface area contributed by atoms with E-state index in [2.05, 4.69) is 17.3 Å². The van der Waals surface area contributed by atoms with Gasteiger partial charge in [-0.05, 0) is 61.3 Å². The lowest BCUT2D eigenvalue weighted by atomic mass is 9.85. The number of imide groups is 1. The Kier molecular flexibility index (Phi) is 4.06. The molecule has 0 unspecified atom stereocenters. The van der Waals surface area contributed by atoms with Crippen molar-refractivity contribution in [2.24, 2.45) is 34.2 Å². The highest BCUT2D eigenvalue weighted by Gasteiger charge is 2.73. The Hall–Kier alpha value is -3.48. The highest BCUT2D eigenvalue weighted by molar-refractivity contribution is 6.07. The standard InChI is InChI=1S/C25H22N2O5/c1-2-31-24(30)15-5-3-14(4-6-15)19-10-7-16(32-19)13-26-27-22(28)20-17-8-9-18(21(20)23(27)29)25(17)11-12-25/h3-10,13,17-18,20-21H,2,11-12H2,1H3/b26-13-/t17-,18-,20-,21-/m1/s1. The fourth-order valence-corrected chi connectivity index (χ4v) is 5.85. The smallest absolute Gasteiger partial charge is 0.338 e. The Labute approximate surface area is 184 Å². The summed E-state index contributed by atoms with van der Waals surface area (Å²) in [5.74, 6) is 0.115. The number of hydrazone groups is 1. The zero-order valence-electron chi connectivity index (χ0n) is 17.6. The molecule has 7 heteroatoms. The van der Waals surface area contributed by atoms with E-state index < -0.39 is 0 Å². The van der Waals surface area contributed by atoms with Gasteiger partial charge in [0.05, 0.1) is 30.2 Å². The summed E-state index contributed by atoms with van der Waals surface area (Å²) in [6.45, 7) is 2.09. The van der Waals surface area contributed by atoms with E-state index in [1.165, 1.54) is 6.21 Å². The van der Waals surface area contributed by atoms with Crippen LogP contribution in [0.3, 0.4) is 0 Å². The van der Waals surface area contributed by atoms with Gasteiger partial charge in [0.15, 0.2) is 0 Å². The molecule has 0 N–H and O–H groups in total. The van der Waals surface area contributed by atoms with Gasteiger partial charge >= 0.3 is 5.97 Å². The van der Waals surface area contributed by atoms with Crippen molar-refractivity contribution in [1.29, 1.82) is 0 Å². The highest BCUT2D eigenvalue weighted by Crippen LogP contribution is 2.73. The Bertz CT molecular complexity index is 1150. The van der Waals surface area contributed by atoms with Crippen LogP contribution >= 0.6 is 0 Å². The first-order valence-corrected chi connectivity index (χ1v) is 11.0. The van der Waals surface area contributed by atoms with Crippen LogP contribution in [0.5, 0.6) is 0 Å². The van der Waals surface area contributed by atoms with Gasteiger partial charge in [-0.2, -0.15) is 10.1 Å². The lowest BCUT2D eigenvalue weighted by Gasteiger charge is -2.18. The van der Waals surface area contributed by atoms with E-state index >= 15 is 0 Å². The van der Waals surface area contributed by atoms with E-state index in [0.29, 0.717) is 23.7 Å². The molecule has 32 heavy (non-hydrogen) atoms. The third-order valence-corrected chi connectivity index (χ3v) is 7.44. The molecule has 162 valence electrons. The lowest BCUT2D eigenvalue weighted by Crippen LogP contribution is -2.30. The summed E-state index contributed by atoms with van der Waals surface area (Å²) in [4.78, 5) is 37.7. The van der Waals surface area contributed by atoms with Crippen LogP contribution in [0.1, 0.15) is 35.9 Å². The molecule has 7 nitrogen and oxygen atoms in total. The molecule has 6 rings (SSSR count). The van der Waals surface area contributed by atoms with Crippen molar-refractivity contribution in [2.45, 2.75) is 19.8 Å².